The van der Waals surface area contributed by atoms with E-state index in [1.165, 1.54) is 31.8 Å². The minimum atomic E-state index is -0.503. The van der Waals surface area contributed by atoms with Gasteiger partial charge in [0.05, 0.1) is 11.3 Å². The molecule has 2 aliphatic rings. The summed E-state index contributed by atoms with van der Waals surface area (Å²) >= 11 is 0. The molecule has 1 aliphatic heterocycles. The van der Waals surface area contributed by atoms with E-state index in [0.29, 0.717) is 23.1 Å². The van der Waals surface area contributed by atoms with Gasteiger partial charge in [-0.1, -0.05) is 31.4 Å². The van der Waals surface area contributed by atoms with Crippen molar-refractivity contribution in [2.45, 2.75) is 51.0 Å². The molecule has 26 heavy (non-hydrogen) atoms. The summed E-state index contributed by atoms with van der Waals surface area (Å²) < 4.78 is 0. The van der Waals surface area contributed by atoms with E-state index < -0.39 is 5.92 Å². The molecule has 0 saturated heterocycles. The molecule has 1 atom stereocenters. The Morgan fingerprint density at radius 1 is 1.27 bits per heavy atom. The van der Waals surface area contributed by atoms with Crippen molar-refractivity contribution in [2.75, 3.05) is 10.6 Å². The summed E-state index contributed by atoms with van der Waals surface area (Å²) in [5, 5.41) is 14.3. The van der Waals surface area contributed by atoms with E-state index in [2.05, 4.69) is 20.6 Å². The Labute approximate surface area is 154 Å². The van der Waals surface area contributed by atoms with Gasteiger partial charge in [-0.25, -0.2) is 9.97 Å². The Bertz CT molecular complexity index is 863. The van der Waals surface area contributed by atoms with Gasteiger partial charge >= 0.3 is 0 Å². The lowest BCUT2D eigenvalue weighted by Crippen LogP contribution is -2.25. The first-order chi connectivity index (χ1) is 12.7. The quantitative estimate of drug-likeness (QED) is 0.730. The van der Waals surface area contributed by atoms with E-state index in [4.69, 9.17) is 5.41 Å². The number of benzene rings is 1. The monoisotopic (exact) mass is 351 g/mol. The number of nitrogens with zero attached hydrogens (tertiary/aromatic N) is 2. The van der Waals surface area contributed by atoms with Gasteiger partial charge < -0.3 is 16.0 Å². The molecule has 2 aromatic rings. The average molecular weight is 351 g/mol. The van der Waals surface area contributed by atoms with Crippen LogP contribution in [-0.2, 0) is 4.79 Å². The summed E-state index contributed by atoms with van der Waals surface area (Å²) in [6.07, 6.45) is 8.70. The maximum atomic E-state index is 12.6. The fourth-order valence-electron chi connectivity index (χ4n) is 3.98. The fraction of sp³-hybridized carbons (Fsp3) is 0.400. The van der Waals surface area contributed by atoms with Crippen molar-refractivity contribution in [1.82, 2.24) is 9.97 Å². The number of aryl methyl sites for hydroxylation is 1. The maximum absolute atomic E-state index is 12.6. The van der Waals surface area contributed by atoms with E-state index in [0.717, 1.165) is 29.7 Å². The molecule has 0 bridgehead atoms. The van der Waals surface area contributed by atoms with Crippen molar-refractivity contribution in [2.24, 2.45) is 0 Å². The summed E-state index contributed by atoms with van der Waals surface area (Å²) in [5.41, 5.74) is 4.03. The summed E-state index contributed by atoms with van der Waals surface area (Å²) in [6.45, 7) is 2.00. The van der Waals surface area contributed by atoms with Crippen LogP contribution in [0.1, 0.15) is 61.8 Å². The molecule has 1 aliphatic carbocycles. The summed E-state index contributed by atoms with van der Waals surface area (Å²) in [4.78, 5) is 21.4. The second-order valence-electron chi connectivity index (χ2n) is 7.16. The number of nitrogens with one attached hydrogen (secondary N) is 3. The van der Waals surface area contributed by atoms with Gasteiger partial charge in [-0.05, 0) is 37.0 Å². The normalized spacial score (nSPS) is 19.7. The van der Waals surface area contributed by atoms with Gasteiger partial charge in [0, 0.05) is 19.4 Å². The van der Waals surface area contributed by atoms with Crippen LogP contribution in [0, 0.1) is 12.3 Å². The third kappa shape index (κ3) is 2.96. The minimum absolute atomic E-state index is 0. The van der Waals surface area contributed by atoms with Crippen molar-refractivity contribution in [3.63, 3.8) is 0 Å². The zero-order valence-corrected chi connectivity index (χ0v) is 14.9. The Morgan fingerprint density at radius 3 is 2.85 bits per heavy atom. The molecule has 1 unspecified atom stereocenters. The van der Waals surface area contributed by atoms with Crippen LogP contribution in [0.25, 0.3) is 0 Å². The van der Waals surface area contributed by atoms with Gasteiger partial charge in [0.2, 0.25) is 5.91 Å². The molecule has 4 rings (SSSR count). The Balaban J connectivity index is 0.00000210. The third-order valence-electron chi connectivity index (χ3n) is 5.32. The Hall–Kier alpha value is -2.76. The first kappa shape index (κ1) is 16.7. The molecule has 0 spiro atoms. The van der Waals surface area contributed by atoms with Gasteiger partial charge in [0.25, 0.3) is 0 Å². The molecule has 3 N–H and O–H groups in total. The number of hydrogen-bond acceptors (Lipinski definition) is 5. The predicted octanol–water partition coefficient (Wildman–Crippen LogP) is 3.86. The van der Waals surface area contributed by atoms with Crippen molar-refractivity contribution < 1.29 is 6.22 Å². The number of aromatic nitrogens is 2. The van der Waals surface area contributed by atoms with E-state index in [1.54, 1.807) is 0 Å². The lowest BCUT2D eigenvalue weighted by molar-refractivity contribution is -0.116. The maximum Gasteiger partial charge on any atom is 0.238 e. The molecule has 1 amide bonds. The third-order valence-corrected chi connectivity index (χ3v) is 5.32. The van der Waals surface area contributed by atoms with E-state index in [1.807, 2.05) is 25.1 Å². The van der Waals surface area contributed by atoms with Gasteiger partial charge in [0.15, 0.2) is 0 Å². The molecule has 2 heterocycles. The molecular formula is C20H25N5O. The van der Waals surface area contributed by atoms with Gasteiger partial charge in [-0.3, -0.25) is 4.79 Å². The molecule has 136 valence electrons. The largest absolute Gasteiger partial charge is 0.367 e. The zero-order chi connectivity index (χ0) is 18.1. The van der Waals surface area contributed by atoms with Crippen LogP contribution in [0.3, 0.4) is 0 Å². The number of fused-ring (bicyclic) bond motifs is 1. The number of rotatable bonds is 4. The van der Waals surface area contributed by atoms with Crippen LogP contribution in [0.4, 0.5) is 11.5 Å². The smallest absolute Gasteiger partial charge is 0.238 e. The molecule has 1 aromatic heterocycles. The number of anilines is 2. The molecule has 1 fully saturated rings. The van der Waals surface area contributed by atoms with Gasteiger partial charge in [-0.2, -0.15) is 0 Å². The van der Waals surface area contributed by atoms with E-state index in [9.17, 15) is 4.79 Å². The fourth-order valence-corrected chi connectivity index (χ4v) is 3.98. The lowest BCUT2D eigenvalue weighted by atomic mass is 9.92. The van der Waals surface area contributed by atoms with Crippen molar-refractivity contribution in [3.05, 3.63) is 46.9 Å². The lowest BCUT2D eigenvalue weighted by Gasteiger charge is -2.24. The number of carbonyl (C=O) groups excluding carboxylic acids is 1. The molecule has 1 aromatic carbocycles. The van der Waals surface area contributed by atoms with Gasteiger partial charge in [0.1, 0.15) is 18.1 Å². The van der Waals surface area contributed by atoms with Crippen LogP contribution >= 0.6 is 0 Å². The second kappa shape index (κ2) is 6.86. The van der Waals surface area contributed by atoms with Crippen LogP contribution in [0.15, 0.2) is 24.5 Å². The van der Waals surface area contributed by atoms with Crippen molar-refractivity contribution in [3.8, 4) is 0 Å². The summed E-state index contributed by atoms with van der Waals surface area (Å²) in [7, 11) is 0. The van der Waals surface area contributed by atoms with Crippen LogP contribution < -0.4 is 10.6 Å². The first-order valence-electron chi connectivity index (χ1n) is 9.20. The van der Waals surface area contributed by atoms with Gasteiger partial charge in [-0.15, -0.1) is 0 Å². The minimum Gasteiger partial charge on any atom is -0.367 e. The Kier molecular flexibility index (Phi) is 4.41. The highest BCUT2D eigenvalue weighted by molar-refractivity contribution is 6.06. The predicted molar refractivity (Wildman–Crippen MR) is 104 cm³/mol. The standard InChI is InChI=1S/C20H23N5O.H2/c1-12-7-8-14-16(9-12)25-20(26)17(14)18-15(10-21)19(23-11-22-18)24-13-5-3-2-4-6-13;/h7-11,13,17,21H,2-6H2,1H3,(H,25,26)(H,22,23,24);1H. The van der Waals surface area contributed by atoms with E-state index >= 15 is 0 Å². The molecular weight excluding hydrogens is 326 g/mol. The van der Waals surface area contributed by atoms with Crippen LogP contribution in [0.5, 0.6) is 0 Å². The SMILES string of the molecule is Cc1ccc2c(c1)NC(=O)C2c1ncnc(NC2CCCCC2)c1C=N.[HH]. The Morgan fingerprint density at radius 2 is 2.08 bits per heavy atom. The van der Waals surface area contributed by atoms with Crippen molar-refractivity contribution >= 4 is 23.6 Å². The van der Waals surface area contributed by atoms with E-state index in [-0.39, 0.29) is 7.33 Å². The van der Waals surface area contributed by atoms with Crippen molar-refractivity contribution in [1.29, 1.82) is 5.41 Å². The number of amides is 1. The molecule has 1 saturated carbocycles. The highest BCUT2D eigenvalue weighted by Crippen LogP contribution is 2.38. The number of hydrogen-bond donors (Lipinski definition) is 3. The summed E-state index contributed by atoms with van der Waals surface area (Å²) in [5.74, 6) is 0.0541. The molecule has 6 nitrogen and oxygen atoms in total. The highest BCUT2D eigenvalue weighted by atomic mass is 16.2. The molecule has 0 radical (unpaired) electrons. The summed E-state index contributed by atoms with van der Waals surface area (Å²) in [6, 6.07) is 6.31. The highest BCUT2D eigenvalue weighted by Gasteiger charge is 2.35. The second-order valence-corrected chi connectivity index (χ2v) is 7.16. The molecule has 6 heteroatoms. The van der Waals surface area contributed by atoms with Crippen LogP contribution in [0.2, 0.25) is 0 Å². The topological polar surface area (TPSA) is 90.8 Å². The average Bonchev–Trinajstić information content (AvgIpc) is 2.97. The first-order valence-corrected chi connectivity index (χ1v) is 9.20. The van der Waals surface area contributed by atoms with Crippen LogP contribution in [-0.4, -0.2) is 28.1 Å². The number of carbonyl (C=O) groups is 1. The zero-order valence-electron chi connectivity index (χ0n) is 14.9.